The average molecular weight is 264 g/mol. The smallest absolute Gasteiger partial charge is 0.0292 e. The molecule has 0 heteroatoms. The molecule has 2 saturated carbocycles. The summed E-state index contributed by atoms with van der Waals surface area (Å²) in [4.78, 5) is 0. The van der Waals surface area contributed by atoms with Crippen LogP contribution in [0.5, 0.6) is 0 Å². The van der Waals surface area contributed by atoms with E-state index in [2.05, 4.69) is 27.7 Å². The van der Waals surface area contributed by atoms with Crippen LogP contribution in [-0.4, -0.2) is 0 Å². The van der Waals surface area contributed by atoms with Gasteiger partial charge in [-0.05, 0) is 41.9 Å². The Balaban J connectivity index is 2.13. The van der Waals surface area contributed by atoms with Gasteiger partial charge < -0.3 is 0 Å². The maximum Gasteiger partial charge on any atom is -0.0292 e. The van der Waals surface area contributed by atoms with E-state index in [-0.39, 0.29) is 0 Å². The number of rotatable bonds is 4. The van der Waals surface area contributed by atoms with Crippen molar-refractivity contribution in [1.29, 1.82) is 0 Å². The van der Waals surface area contributed by atoms with Crippen LogP contribution in [0.25, 0.3) is 0 Å². The van der Waals surface area contributed by atoms with Crippen molar-refractivity contribution >= 4 is 0 Å². The molecule has 2 aliphatic rings. The lowest BCUT2D eigenvalue weighted by atomic mass is 9.55. The predicted molar refractivity (Wildman–Crippen MR) is 85.3 cm³/mol. The highest BCUT2D eigenvalue weighted by atomic mass is 14.5. The summed E-state index contributed by atoms with van der Waals surface area (Å²) >= 11 is 0. The van der Waals surface area contributed by atoms with Crippen molar-refractivity contribution in [3.8, 4) is 0 Å². The first-order valence-electron chi connectivity index (χ1n) is 9.11. The topological polar surface area (TPSA) is 0 Å². The van der Waals surface area contributed by atoms with Gasteiger partial charge in [0.2, 0.25) is 0 Å². The maximum atomic E-state index is 2.63. The number of hydrogen-bond acceptors (Lipinski definition) is 0. The molecule has 0 N–H and O–H groups in total. The zero-order chi connectivity index (χ0) is 13.9. The zero-order valence-electron chi connectivity index (χ0n) is 13.9. The van der Waals surface area contributed by atoms with Crippen molar-refractivity contribution in [2.75, 3.05) is 0 Å². The van der Waals surface area contributed by atoms with Crippen molar-refractivity contribution in [2.24, 2.45) is 29.1 Å². The van der Waals surface area contributed by atoms with Crippen molar-refractivity contribution in [2.45, 2.75) is 91.9 Å². The minimum absolute atomic E-state index is 0.586. The van der Waals surface area contributed by atoms with Gasteiger partial charge in [0.1, 0.15) is 0 Å². The molecule has 0 aromatic rings. The first-order chi connectivity index (χ1) is 9.11. The van der Waals surface area contributed by atoms with Crippen LogP contribution in [0.3, 0.4) is 0 Å². The number of hydrogen-bond donors (Lipinski definition) is 0. The Bertz CT molecular complexity index is 239. The highest BCUT2D eigenvalue weighted by Gasteiger charge is 2.44. The molecule has 0 spiro atoms. The lowest BCUT2D eigenvalue weighted by Crippen LogP contribution is -2.42. The van der Waals surface area contributed by atoms with Gasteiger partial charge in [0.05, 0.1) is 0 Å². The molecule has 0 nitrogen and oxygen atoms in total. The maximum absolute atomic E-state index is 2.63. The molecule has 2 fully saturated rings. The average Bonchev–Trinajstić information content (AvgIpc) is 2.47. The van der Waals surface area contributed by atoms with Crippen LogP contribution in [0, 0.1) is 29.1 Å². The largest absolute Gasteiger partial charge is 0.0651 e. The van der Waals surface area contributed by atoms with E-state index in [0.717, 1.165) is 23.7 Å². The van der Waals surface area contributed by atoms with Crippen LogP contribution in [0.4, 0.5) is 0 Å². The molecule has 2 rings (SSSR count). The van der Waals surface area contributed by atoms with E-state index in [1.807, 2.05) is 0 Å². The molecule has 0 aromatic heterocycles. The van der Waals surface area contributed by atoms with Gasteiger partial charge in [-0.2, -0.15) is 0 Å². The summed E-state index contributed by atoms with van der Waals surface area (Å²) in [5, 5.41) is 0. The van der Waals surface area contributed by atoms with E-state index in [4.69, 9.17) is 0 Å². The zero-order valence-corrected chi connectivity index (χ0v) is 13.9. The molecule has 0 heterocycles. The Morgan fingerprint density at radius 3 is 1.42 bits per heavy atom. The van der Waals surface area contributed by atoms with Gasteiger partial charge in [-0.3, -0.25) is 0 Å². The van der Waals surface area contributed by atoms with E-state index in [9.17, 15) is 0 Å². The summed E-state index contributed by atoms with van der Waals surface area (Å²) in [6.07, 6.45) is 14.8. The Kier molecular flexibility index (Phi) is 5.37. The minimum atomic E-state index is 0.586. The van der Waals surface area contributed by atoms with Crippen molar-refractivity contribution in [3.05, 3.63) is 0 Å². The van der Waals surface area contributed by atoms with Gasteiger partial charge in [-0.15, -0.1) is 0 Å². The molecule has 0 bridgehead atoms. The second-order valence-electron chi connectivity index (χ2n) is 7.94. The summed E-state index contributed by atoms with van der Waals surface area (Å²) in [7, 11) is 0. The molecule has 4 unspecified atom stereocenters. The molecule has 112 valence electrons. The highest BCUT2D eigenvalue weighted by Crippen LogP contribution is 2.53. The minimum Gasteiger partial charge on any atom is -0.0651 e. The molecule has 0 amide bonds. The molecule has 0 aromatic carbocycles. The normalized spacial score (nSPS) is 37.3. The van der Waals surface area contributed by atoms with Gasteiger partial charge in [0, 0.05) is 0 Å². The van der Waals surface area contributed by atoms with E-state index in [1.54, 1.807) is 0 Å². The summed E-state index contributed by atoms with van der Waals surface area (Å²) in [5.41, 5.74) is 0.586. The first kappa shape index (κ1) is 15.4. The molecular weight excluding hydrogens is 228 g/mol. The third kappa shape index (κ3) is 3.19. The fourth-order valence-electron chi connectivity index (χ4n) is 5.63. The molecule has 0 aliphatic heterocycles. The van der Waals surface area contributed by atoms with Gasteiger partial charge in [0.15, 0.2) is 0 Å². The lowest BCUT2D eigenvalue weighted by molar-refractivity contribution is -0.0105. The molecule has 2 aliphatic carbocycles. The van der Waals surface area contributed by atoms with Gasteiger partial charge in [-0.1, -0.05) is 79.1 Å². The summed E-state index contributed by atoms with van der Waals surface area (Å²) < 4.78 is 0. The van der Waals surface area contributed by atoms with Gasteiger partial charge >= 0.3 is 0 Å². The molecule has 4 atom stereocenters. The Labute approximate surface area is 121 Å². The van der Waals surface area contributed by atoms with Gasteiger partial charge in [0.25, 0.3) is 0 Å². The molecule has 19 heavy (non-hydrogen) atoms. The SMILES string of the molecule is CCC1CCCCC1C(C)(C)C1CCCCC1CC. The lowest BCUT2D eigenvalue weighted by Gasteiger charge is -2.51. The Morgan fingerprint density at radius 2 is 1.05 bits per heavy atom. The fourth-order valence-corrected chi connectivity index (χ4v) is 5.63. The highest BCUT2D eigenvalue weighted by molar-refractivity contribution is 4.93. The third-order valence-corrected chi connectivity index (χ3v) is 6.78. The van der Waals surface area contributed by atoms with E-state index in [1.165, 1.54) is 64.2 Å². The Morgan fingerprint density at radius 1 is 0.684 bits per heavy atom. The van der Waals surface area contributed by atoms with Crippen LogP contribution >= 0.6 is 0 Å². The van der Waals surface area contributed by atoms with E-state index in [0.29, 0.717) is 5.41 Å². The van der Waals surface area contributed by atoms with Crippen LogP contribution in [-0.2, 0) is 0 Å². The van der Waals surface area contributed by atoms with E-state index < -0.39 is 0 Å². The quantitative estimate of drug-likeness (QED) is 0.547. The Hall–Kier alpha value is 0. The second-order valence-corrected chi connectivity index (χ2v) is 7.94. The molecular formula is C19H36. The van der Waals surface area contributed by atoms with Crippen LogP contribution in [0.15, 0.2) is 0 Å². The van der Waals surface area contributed by atoms with Crippen LogP contribution < -0.4 is 0 Å². The van der Waals surface area contributed by atoms with Crippen molar-refractivity contribution < 1.29 is 0 Å². The van der Waals surface area contributed by atoms with Crippen LogP contribution in [0.1, 0.15) is 91.9 Å². The standard InChI is InChI=1S/C19H36/c1-5-15-11-7-9-13-17(15)19(3,4)18-14-10-8-12-16(18)6-2/h15-18H,5-14H2,1-4H3. The first-order valence-corrected chi connectivity index (χ1v) is 9.11. The van der Waals surface area contributed by atoms with Gasteiger partial charge in [-0.25, -0.2) is 0 Å². The van der Waals surface area contributed by atoms with Crippen molar-refractivity contribution in [1.82, 2.24) is 0 Å². The summed E-state index contributed by atoms with van der Waals surface area (Å²) in [5.74, 6) is 4.04. The second kappa shape index (κ2) is 6.64. The molecule has 0 saturated heterocycles. The van der Waals surface area contributed by atoms with E-state index >= 15 is 0 Å². The molecule has 0 radical (unpaired) electrons. The summed E-state index contributed by atoms with van der Waals surface area (Å²) in [6.45, 7) is 10.1. The fraction of sp³-hybridized carbons (Fsp3) is 1.00. The van der Waals surface area contributed by atoms with Crippen LogP contribution in [0.2, 0.25) is 0 Å². The summed E-state index contributed by atoms with van der Waals surface area (Å²) in [6, 6.07) is 0. The van der Waals surface area contributed by atoms with Crippen molar-refractivity contribution in [3.63, 3.8) is 0 Å². The monoisotopic (exact) mass is 264 g/mol. The third-order valence-electron chi connectivity index (χ3n) is 6.78. The predicted octanol–water partition coefficient (Wildman–Crippen LogP) is 6.45.